The molecule has 0 atom stereocenters. The van der Waals surface area contributed by atoms with Gasteiger partial charge in [0.15, 0.2) is 5.78 Å². The van der Waals surface area contributed by atoms with Crippen LogP contribution in [0.1, 0.15) is 34.8 Å². The highest BCUT2D eigenvalue weighted by atomic mass is 19.1. The Morgan fingerprint density at radius 2 is 1.78 bits per heavy atom. The van der Waals surface area contributed by atoms with Gasteiger partial charge in [-0.3, -0.25) is 4.79 Å². The number of halogens is 1. The number of rotatable bonds is 4. The Labute approximate surface area is 106 Å². The zero-order valence-corrected chi connectivity index (χ0v) is 10.3. The minimum atomic E-state index is -0.381. The van der Waals surface area contributed by atoms with Crippen molar-refractivity contribution in [3.63, 3.8) is 0 Å². The molecule has 1 nitrogen and oxygen atoms in total. The summed E-state index contributed by atoms with van der Waals surface area (Å²) in [4.78, 5) is 11.6. The molecule has 0 aliphatic heterocycles. The van der Waals surface area contributed by atoms with Gasteiger partial charge in [-0.15, -0.1) is 0 Å². The molecule has 0 aliphatic rings. The molecule has 2 rings (SSSR count). The second-order valence-corrected chi connectivity index (χ2v) is 4.22. The molecule has 0 bridgehead atoms. The van der Waals surface area contributed by atoms with Crippen molar-refractivity contribution >= 4 is 5.78 Å². The van der Waals surface area contributed by atoms with Gasteiger partial charge in [0.05, 0.1) is 5.56 Å². The van der Waals surface area contributed by atoms with Crippen molar-refractivity contribution in [2.75, 3.05) is 0 Å². The number of carbonyl (C=O) groups excluding carboxylic acids is 1. The third kappa shape index (κ3) is 2.65. The third-order valence-electron chi connectivity index (χ3n) is 2.94. The number of ketones is 1. The van der Waals surface area contributed by atoms with E-state index in [9.17, 15) is 9.18 Å². The highest BCUT2D eigenvalue weighted by Gasteiger charge is 2.13. The molecule has 0 aliphatic carbocycles. The number of hydrogen-bond donors (Lipinski definition) is 0. The normalized spacial score (nSPS) is 10.3. The molecule has 2 aromatic rings. The van der Waals surface area contributed by atoms with Crippen molar-refractivity contribution in [3.8, 4) is 0 Å². The van der Waals surface area contributed by atoms with Crippen LogP contribution in [0.5, 0.6) is 0 Å². The fourth-order valence-corrected chi connectivity index (χ4v) is 1.94. The van der Waals surface area contributed by atoms with Crippen LogP contribution in [0.3, 0.4) is 0 Å². The summed E-state index contributed by atoms with van der Waals surface area (Å²) in [5.74, 6) is -0.532. The van der Waals surface area contributed by atoms with E-state index < -0.39 is 0 Å². The largest absolute Gasteiger partial charge is 0.294 e. The summed E-state index contributed by atoms with van der Waals surface area (Å²) in [6.45, 7) is 1.74. The summed E-state index contributed by atoms with van der Waals surface area (Å²) in [6.07, 6.45) is 0.837. The van der Waals surface area contributed by atoms with Crippen LogP contribution >= 0.6 is 0 Å². The first-order chi connectivity index (χ1) is 8.72. The summed E-state index contributed by atoms with van der Waals surface area (Å²) in [5.41, 5.74) is 1.81. The average molecular weight is 242 g/mol. The van der Waals surface area contributed by atoms with Gasteiger partial charge < -0.3 is 0 Å². The standard InChI is InChI=1S/C16H15FO/c1-2-15(18)14-10-6-9-13(16(14)17)11-12-7-4-3-5-8-12/h3-10H,2,11H2,1H3. The van der Waals surface area contributed by atoms with Crippen molar-refractivity contribution in [2.45, 2.75) is 19.8 Å². The molecule has 0 saturated heterocycles. The Morgan fingerprint density at radius 1 is 1.06 bits per heavy atom. The van der Waals surface area contributed by atoms with Crippen LogP contribution in [0.2, 0.25) is 0 Å². The van der Waals surface area contributed by atoms with Crippen LogP contribution in [0.4, 0.5) is 4.39 Å². The second kappa shape index (κ2) is 5.58. The fraction of sp³-hybridized carbons (Fsp3) is 0.188. The van der Waals surface area contributed by atoms with Crippen LogP contribution < -0.4 is 0 Å². The molecule has 0 aromatic heterocycles. The molecule has 92 valence electrons. The summed E-state index contributed by atoms with van der Waals surface area (Å²) in [7, 11) is 0. The lowest BCUT2D eigenvalue weighted by atomic mass is 9.99. The molecule has 0 unspecified atom stereocenters. The predicted molar refractivity (Wildman–Crippen MR) is 70.3 cm³/mol. The molecule has 0 spiro atoms. The first-order valence-electron chi connectivity index (χ1n) is 6.07. The van der Waals surface area contributed by atoms with Crippen LogP contribution in [0.25, 0.3) is 0 Å². The first kappa shape index (κ1) is 12.5. The van der Waals surface area contributed by atoms with E-state index in [0.717, 1.165) is 5.56 Å². The summed E-state index contributed by atoms with van der Waals surface area (Å²) in [6, 6.07) is 14.7. The molecule has 0 heterocycles. The molecule has 2 aromatic carbocycles. The van der Waals surface area contributed by atoms with Crippen LogP contribution in [0, 0.1) is 5.82 Å². The lowest BCUT2D eigenvalue weighted by Crippen LogP contribution is -2.04. The van der Waals surface area contributed by atoms with E-state index >= 15 is 0 Å². The van der Waals surface area contributed by atoms with E-state index in [1.807, 2.05) is 30.3 Å². The topological polar surface area (TPSA) is 17.1 Å². The van der Waals surface area contributed by atoms with Crippen molar-refractivity contribution in [3.05, 3.63) is 71.0 Å². The Hall–Kier alpha value is -1.96. The van der Waals surface area contributed by atoms with Gasteiger partial charge >= 0.3 is 0 Å². The van der Waals surface area contributed by atoms with Crippen LogP contribution in [-0.2, 0) is 6.42 Å². The lowest BCUT2D eigenvalue weighted by molar-refractivity contribution is 0.0984. The summed E-state index contributed by atoms with van der Waals surface area (Å²) in [5, 5.41) is 0. The number of hydrogen-bond acceptors (Lipinski definition) is 1. The van der Waals surface area contributed by atoms with E-state index in [4.69, 9.17) is 0 Å². The van der Waals surface area contributed by atoms with Gasteiger partial charge in [-0.05, 0) is 17.2 Å². The van der Waals surface area contributed by atoms with E-state index in [0.29, 0.717) is 18.4 Å². The van der Waals surface area contributed by atoms with Gasteiger partial charge in [0.25, 0.3) is 0 Å². The Kier molecular flexibility index (Phi) is 3.88. The van der Waals surface area contributed by atoms with E-state index in [1.54, 1.807) is 25.1 Å². The Bertz CT molecular complexity index is 546. The first-order valence-corrected chi connectivity index (χ1v) is 6.07. The van der Waals surface area contributed by atoms with Gasteiger partial charge in [-0.2, -0.15) is 0 Å². The minimum Gasteiger partial charge on any atom is -0.294 e. The second-order valence-electron chi connectivity index (χ2n) is 4.22. The van der Waals surface area contributed by atoms with Gasteiger partial charge in [-0.1, -0.05) is 49.4 Å². The van der Waals surface area contributed by atoms with Gasteiger partial charge in [0, 0.05) is 12.8 Å². The molecule has 0 radical (unpaired) electrons. The fourth-order valence-electron chi connectivity index (χ4n) is 1.94. The summed E-state index contributed by atoms with van der Waals surface area (Å²) >= 11 is 0. The maximum Gasteiger partial charge on any atom is 0.165 e. The van der Waals surface area contributed by atoms with Crippen LogP contribution in [-0.4, -0.2) is 5.78 Å². The average Bonchev–Trinajstić information content (AvgIpc) is 2.41. The van der Waals surface area contributed by atoms with Crippen molar-refractivity contribution < 1.29 is 9.18 Å². The smallest absolute Gasteiger partial charge is 0.165 e. The van der Waals surface area contributed by atoms with Crippen molar-refractivity contribution in [1.82, 2.24) is 0 Å². The van der Waals surface area contributed by atoms with Gasteiger partial charge in [0.2, 0.25) is 0 Å². The maximum atomic E-state index is 14.2. The van der Waals surface area contributed by atoms with Crippen LogP contribution in [0.15, 0.2) is 48.5 Å². The Balaban J connectivity index is 2.32. The zero-order valence-electron chi connectivity index (χ0n) is 10.3. The molecule has 2 heteroatoms. The molecule has 0 fully saturated rings. The van der Waals surface area contributed by atoms with Gasteiger partial charge in [0.1, 0.15) is 5.82 Å². The van der Waals surface area contributed by atoms with E-state index in [-0.39, 0.29) is 17.2 Å². The molecule has 0 saturated carbocycles. The highest BCUT2D eigenvalue weighted by Crippen LogP contribution is 2.18. The van der Waals surface area contributed by atoms with E-state index in [1.165, 1.54) is 0 Å². The molecule has 0 amide bonds. The highest BCUT2D eigenvalue weighted by molar-refractivity contribution is 5.96. The lowest BCUT2D eigenvalue weighted by Gasteiger charge is -2.07. The SMILES string of the molecule is CCC(=O)c1cccc(Cc2ccccc2)c1F. The number of Topliss-reactive ketones (excluding diaryl/α,β-unsaturated/α-hetero) is 1. The molecule has 0 N–H and O–H groups in total. The minimum absolute atomic E-state index is 0.151. The monoisotopic (exact) mass is 242 g/mol. The maximum absolute atomic E-state index is 14.2. The molecular weight excluding hydrogens is 227 g/mol. The van der Waals surface area contributed by atoms with Gasteiger partial charge in [-0.25, -0.2) is 4.39 Å². The van der Waals surface area contributed by atoms with E-state index in [2.05, 4.69) is 0 Å². The Morgan fingerprint density at radius 3 is 2.44 bits per heavy atom. The zero-order chi connectivity index (χ0) is 13.0. The number of benzene rings is 2. The predicted octanol–water partition coefficient (Wildman–Crippen LogP) is 4.01. The molecular formula is C16H15FO. The number of carbonyl (C=O) groups is 1. The van der Waals surface area contributed by atoms with Crippen molar-refractivity contribution in [2.24, 2.45) is 0 Å². The summed E-state index contributed by atoms with van der Waals surface area (Å²) < 4.78 is 14.2. The van der Waals surface area contributed by atoms with Crippen molar-refractivity contribution in [1.29, 1.82) is 0 Å². The third-order valence-corrected chi connectivity index (χ3v) is 2.94. The molecule has 18 heavy (non-hydrogen) atoms. The quantitative estimate of drug-likeness (QED) is 0.740.